The molecule has 0 aliphatic carbocycles. The van der Waals surface area contributed by atoms with Crippen LogP contribution >= 0.6 is 0 Å². The zero-order valence-electron chi connectivity index (χ0n) is 55.6. The zero-order valence-corrected chi connectivity index (χ0v) is 55.6. The third kappa shape index (κ3) is 41.6. The summed E-state index contributed by atoms with van der Waals surface area (Å²) in [4.78, 5) is 68.9. The van der Waals surface area contributed by atoms with Crippen LogP contribution in [0.25, 0.3) is 0 Å². The van der Waals surface area contributed by atoms with E-state index in [1.807, 2.05) is 215 Å². The van der Waals surface area contributed by atoms with Crippen LogP contribution in [-0.2, 0) is 57.2 Å². The van der Waals surface area contributed by atoms with E-state index in [0.29, 0.717) is 0 Å². The van der Waals surface area contributed by atoms with Gasteiger partial charge in [-0.25, -0.2) is 0 Å². The third-order valence-corrected chi connectivity index (χ3v) is 14.3. The van der Waals surface area contributed by atoms with Crippen LogP contribution in [0.1, 0.15) is 306 Å². The van der Waals surface area contributed by atoms with Gasteiger partial charge in [0.15, 0.2) is 0 Å². The maximum Gasteiger partial charge on any atom is 0.312 e. The molecule has 0 fully saturated rings. The average Bonchev–Trinajstić information content (AvgIpc) is 3.32. The van der Waals surface area contributed by atoms with E-state index in [4.69, 9.17) is 28.4 Å². The Morgan fingerprint density at radius 3 is 0.747 bits per heavy atom. The second-order valence-corrected chi connectivity index (χ2v) is 25.8. The van der Waals surface area contributed by atoms with Crippen LogP contribution in [0, 0.1) is 34.0 Å². The van der Waals surface area contributed by atoms with E-state index in [1.54, 1.807) is 0 Å². The Hall–Kier alpha value is -3.18. The largest absolute Gasteiger partial charge is 0.460 e. The fraction of sp³-hybridized carbons (Fsp3) is 0.905. The van der Waals surface area contributed by atoms with E-state index in [2.05, 4.69) is 13.8 Å². The minimum atomic E-state index is -0.372. The average molecular weight is 1080 g/mol. The lowest BCUT2D eigenvalue weighted by Crippen LogP contribution is -2.36. The Morgan fingerprint density at radius 1 is 0.280 bits per heavy atom. The highest BCUT2D eigenvalue weighted by Crippen LogP contribution is 2.29. The van der Waals surface area contributed by atoms with Crippen LogP contribution in [0.4, 0.5) is 0 Å². The van der Waals surface area contributed by atoms with Gasteiger partial charge in [0.2, 0.25) is 0 Å². The number of esters is 6. The lowest BCUT2D eigenvalue weighted by atomic mass is 9.89. The first-order valence-corrected chi connectivity index (χ1v) is 28.9. The predicted molar refractivity (Wildman–Crippen MR) is 313 cm³/mol. The van der Waals surface area contributed by atoms with Gasteiger partial charge in [-0.1, -0.05) is 104 Å². The van der Waals surface area contributed by atoms with Gasteiger partial charge in [-0.2, -0.15) is 0 Å². The molecule has 0 aliphatic rings. The summed E-state index contributed by atoms with van der Waals surface area (Å²) >= 11 is 0. The molecule has 0 saturated carbocycles. The fourth-order valence-corrected chi connectivity index (χ4v) is 4.15. The smallest absolute Gasteiger partial charge is 0.312 e. The van der Waals surface area contributed by atoms with E-state index in [1.165, 1.54) is 0 Å². The minimum Gasteiger partial charge on any atom is -0.460 e. The highest BCUT2D eigenvalue weighted by molar-refractivity contribution is 5.77. The van der Waals surface area contributed by atoms with Gasteiger partial charge in [0, 0.05) is 0 Å². The molecule has 3 atom stereocenters. The number of hydrogen-bond donors (Lipinski definition) is 0. The normalized spacial score (nSPS) is 13.4. The van der Waals surface area contributed by atoms with E-state index in [9.17, 15) is 28.8 Å². The highest BCUT2D eigenvalue weighted by Gasteiger charge is 2.35. The van der Waals surface area contributed by atoms with E-state index < -0.39 is 0 Å². The molecule has 12 nitrogen and oxygen atoms in total. The van der Waals surface area contributed by atoms with E-state index in [0.717, 1.165) is 77.0 Å². The molecule has 0 aromatic carbocycles. The van der Waals surface area contributed by atoms with Crippen molar-refractivity contribution in [2.24, 2.45) is 34.0 Å². The van der Waals surface area contributed by atoms with Crippen molar-refractivity contribution in [2.45, 2.75) is 339 Å². The molecule has 0 aromatic heterocycles. The van der Waals surface area contributed by atoms with Crippen LogP contribution in [0.3, 0.4) is 0 Å². The van der Waals surface area contributed by atoms with Crippen molar-refractivity contribution < 1.29 is 57.2 Å². The molecular weight excluding hydrogens is 949 g/mol. The number of carbonyl (C=O) groups is 6. The van der Waals surface area contributed by atoms with E-state index in [-0.39, 0.29) is 103 Å². The molecule has 0 spiro atoms. The maximum atomic E-state index is 11.8. The van der Waals surface area contributed by atoms with Crippen LogP contribution in [0.15, 0.2) is 0 Å². The van der Waals surface area contributed by atoms with Crippen LogP contribution < -0.4 is 0 Å². The summed E-state index contributed by atoms with van der Waals surface area (Å²) in [6.45, 7) is 64.5. The quantitative estimate of drug-likeness (QED) is 0.0747. The first-order valence-electron chi connectivity index (χ1n) is 28.9. The summed E-state index contributed by atoms with van der Waals surface area (Å²) in [6, 6.07) is 0. The summed E-state index contributed by atoms with van der Waals surface area (Å²) in [6.07, 6.45) is 10.2. The maximum absolute atomic E-state index is 11.8. The molecule has 0 N–H and O–H groups in total. The molecule has 0 bridgehead atoms. The number of rotatable bonds is 22. The predicted octanol–water partition coefficient (Wildman–Crippen LogP) is 17.8. The second kappa shape index (κ2) is 37.6. The molecule has 450 valence electrons. The van der Waals surface area contributed by atoms with Crippen LogP contribution in [-0.4, -0.2) is 69.4 Å². The molecular formula is C63H126O12. The van der Waals surface area contributed by atoms with Crippen LogP contribution in [0.2, 0.25) is 0 Å². The van der Waals surface area contributed by atoms with Gasteiger partial charge in [-0.15, -0.1) is 0 Å². The Morgan fingerprint density at radius 2 is 0.507 bits per heavy atom. The lowest BCUT2D eigenvalue weighted by Gasteiger charge is -2.31. The Bertz CT molecular complexity index is 1580. The summed E-state index contributed by atoms with van der Waals surface area (Å²) in [5.74, 6) is -0.453. The Labute approximate surface area is 464 Å². The van der Waals surface area contributed by atoms with Crippen molar-refractivity contribution in [3.8, 4) is 0 Å². The molecule has 75 heavy (non-hydrogen) atoms. The van der Waals surface area contributed by atoms with Crippen molar-refractivity contribution in [3.05, 3.63) is 0 Å². The number of carbonyl (C=O) groups excluding carboxylic acids is 6. The van der Waals surface area contributed by atoms with Gasteiger partial charge in [-0.3, -0.25) is 28.8 Å². The van der Waals surface area contributed by atoms with Crippen molar-refractivity contribution in [1.29, 1.82) is 0 Å². The minimum absolute atomic E-state index is 0.0224. The molecule has 0 heterocycles. The van der Waals surface area contributed by atoms with Crippen molar-refractivity contribution in [1.82, 2.24) is 0 Å². The molecule has 12 heteroatoms. The first-order chi connectivity index (χ1) is 33.5. The number of ether oxygens (including phenoxy) is 6. The second-order valence-electron chi connectivity index (χ2n) is 25.8. The molecule has 0 aliphatic heterocycles. The first kappa shape index (κ1) is 83.1. The Balaban J connectivity index is -0.000000191. The van der Waals surface area contributed by atoms with Gasteiger partial charge in [0.1, 0.15) is 33.6 Å². The summed E-state index contributed by atoms with van der Waals surface area (Å²) in [5, 5.41) is 0. The SMILES string of the molecule is CCC(C)(C)C(=O)OC(C)(C)C.CCC(C)(C)OC(=O)C(C)(C)CC.CCC(C)(CC)OC(=O)C(C)(C)CC.CCC(C)C(=O)OC(C)(C)C.CCC(C)C(=O)OC(C)(C)CC.CCC(C)C(=O)OC(C)(CC)CC. The standard InChI is InChI=1S/C12H24O2.2C11H22O2.2C10H20O2.C9H18O2/c1-7-11(4,5)10(13)14-12(6,8-2)9-3;1-7-10(3,4)9(12)13-11(5,6)8-2;1-6-9(4)10(12)13-11(5,7-2)8-3;1-7-10(5,6)8(11)12-9(2,3)4;1-6-8(3)9(11)12-10(4,5)7-2;1-6-7(2)8(10)11-9(3,4)5/h7-9H2,1-6H3;7-8H2,1-6H3;9H,6-8H2,1-5H3;7H2,1-6H3;8H,6-7H2,1-5H3;7H,6H2,1-5H3. The van der Waals surface area contributed by atoms with Gasteiger partial charge in [-0.05, 0) is 202 Å². The summed E-state index contributed by atoms with van der Waals surface area (Å²) in [5.41, 5.74) is -2.97. The fourth-order valence-electron chi connectivity index (χ4n) is 4.15. The topological polar surface area (TPSA) is 158 Å². The van der Waals surface area contributed by atoms with Crippen molar-refractivity contribution in [2.75, 3.05) is 0 Å². The van der Waals surface area contributed by atoms with Gasteiger partial charge in [0.25, 0.3) is 0 Å². The molecule has 0 rings (SSSR count). The van der Waals surface area contributed by atoms with Crippen molar-refractivity contribution in [3.63, 3.8) is 0 Å². The number of hydrogen-bond acceptors (Lipinski definition) is 12. The summed E-state index contributed by atoms with van der Waals surface area (Å²) < 4.78 is 32.1. The monoisotopic (exact) mass is 1070 g/mol. The van der Waals surface area contributed by atoms with Gasteiger partial charge >= 0.3 is 35.8 Å². The van der Waals surface area contributed by atoms with Gasteiger partial charge < -0.3 is 28.4 Å². The summed E-state index contributed by atoms with van der Waals surface area (Å²) in [7, 11) is 0. The zero-order chi connectivity index (χ0) is 61.4. The third-order valence-electron chi connectivity index (χ3n) is 14.3. The molecule has 0 saturated heterocycles. The molecule has 0 radical (unpaired) electrons. The molecule has 0 amide bonds. The van der Waals surface area contributed by atoms with E-state index >= 15 is 0 Å². The lowest BCUT2D eigenvalue weighted by molar-refractivity contribution is -0.170. The highest BCUT2D eigenvalue weighted by atomic mass is 16.6. The van der Waals surface area contributed by atoms with Crippen molar-refractivity contribution >= 4 is 35.8 Å². The van der Waals surface area contributed by atoms with Crippen LogP contribution in [0.5, 0.6) is 0 Å². The molecule has 0 aromatic rings. The Kier molecular flexibility index (Phi) is 41.7. The van der Waals surface area contributed by atoms with Gasteiger partial charge in [0.05, 0.1) is 34.0 Å². The molecule has 3 unspecified atom stereocenters.